The number of ether oxygens (including phenoxy) is 2. The molecule has 0 aliphatic heterocycles. The average molecular weight is 479 g/mol. The number of amides is 2. The van der Waals surface area contributed by atoms with E-state index < -0.39 is 18.0 Å². The monoisotopic (exact) mass is 478 g/mol. The van der Waals surface area contributed by atoms with Gasteiger partial charge >= 0.3 is 12.1 Å². The van der Waals surface area contributed by atoms with Gasteiger partial charge in [0, 0.05) is 24.9 Å². The SMILES string of the molecule is O=C(CCOCCNC(=O)OCC1c2ccccc2-c2ccccc21)N[C@@H]1C=CC[C@@H](C(=O)O)C1. The molecule has 3 N–H and O–H groups in total. The second-order valence-corrected chi connectivity index (χ2v) is 8.72. The van der Waals surface area contributed by atoms with Crippen LogP contribution in [0.3, 0.4) is 0 Å². The fourth-order valence-electron chi connectivity index (χ4n) is 4.62. The summed E-state index contributed by atoms with van der Waals surface area (Å²) in [5.74, 6) is -1.51. The van der Waals surface area contributed by atoms with Crippen molar-refractivity contribution in [3.05, 3.63) is 71.8 Å². The zero-order valence-electron chi connectivity index (χ0n) is 19.4. The van der Waals surface area contributed by atoms with Gasteiger partial charge < -0.3 is 25.2 Å². The highest BCUT2D eigenvalue weighted by atomic mass is 16.5. The molecule has 0 heterocycles. The minimum Gasteiger partial charge on any atom is -0.481 e. The highest BCUT2D eigenvalue weighted by Gasteiger charge is 2.29. The number of carbonyl (C=O) groups is 3. The van der Waals surface area contributed by atoms with Gasteiger partial charge in [0.2, 0.25) is 5.91 Å². The third-order valence-electron chi connectivity index (χ3n) is 6.36. The molecule has 8 nitrogen and oxygen atoms in total. The van der Waals surface area contributed by atoms with Gasteiger partial charge in [0.25, 0.3) is 0 Å². The summed E-state index contributed by atoms with van der Waals surface area (Å²) in [5, 5.41) is 14.6. The summed E-state index contributed by atoms with van der Waals surface area (Å²) in [5.41, 5.74) is 4.67. The molecule has 4 rings (SSSR count). The summed E-state index contributed by atoms with van der Waals surface area (Å²) in [6.07, 6.45) is 4.15. The molecule has 0 radical (unpaired) electrons. The molecule has 2 aliphatic rings. The van der Waals surface area contributed by atoms with Gasteiger partial charge in [-0.1, -0.05) is 60.7 Å². The van der Waals surface area contributed by atoms with Crippen LogP contribution in [0.2, 0.25) is 0 Å². The van der Waals surface area contributed by atoms with Crippen LogP contribution in [-0.4, -0.2) is 55.5 Å². The van der Waals surface area contributed by atoms with E-state index in [1.807, 2.05) is 30.3 Å². The second-order valence-electron chi connectivity index (χ2n) is 8.72. The Balaban J connectivity index is 1.11. The maximum absolute atomic E-state index is 12.2. The Morgan fingerprint density at radius 3 is 2.34 bits per heavy atom. The van der Waals surface area contributed by atoms with Gasteiger partial charge in [0.1, 0.15) is 6.61 Å². The predicted octanol–water partition coefficient (Wildman–Crippen LogP) is 3.47. The van der Waals surface area contributed by atoms with E-state index in [2.05, 4.69) is 34.9 Å². The largest absolute Gasteiger partial charge is 0.481 e. The number of carboxylic acid groups (broad SMARTS) is 1. The molecule has 0 saturated heterocycles. The van der Waals surface area contributed by atoms with E-state index in [0.29, 0.717) is 12.8 Å². The van der Waals surface area contributed by atoms with Gasteiger partial charge in [-0.25, -0.2) is 4.79 Å². The maximum Gasteiger partial charge on any atom is 0.407 e. The quantitative estimate of drug-likeness (QED) is 0.356. The molecule has 2 aromatic rings. The molecule has 8 heteroatoms. The number of allylic oxidation sites excluding steroid dienone is 1. The third-order valence-corrected chi connectivity index (χ3v) is 6.36. The lowest BCUT2D eigenvalue weighted by atomic mass is 9.91. The van der Waals surface area contributed by atoms with Crippen molar-refractivity contribution in [1.29, 1.82) is 0 Å². The zero-order chi connectivity index (χ0) is 24.6. The Hall–Kier alpha value is -3.65. The van der Waals surface area contributed by atoms with E-state index in [4.69, 9.17) is 14.6 Å². The molecule has 0 bridgehead atoms. The van der Waals surface area contributed by atoms with Gasteiger partial charge in [0.05, 0.1) is 19.1 Å². The first-order chi connectivity index (χ1) is 17.0. The minimum atomic E-state index is -0.846. The Bertz CT molecular complexity index is 1050. The highest BCUT2D eigenvalue weighted by Crippen LogP contribution is 2.44. The van der Waals surface area contributed by atoms with E-state index in [9.17, 15) is 14.4 Å². The third kappa shape index (κ3) is 6.27. The number of carbonyl (C=O) groups excluding carboxylic acids is 2. The summed E-state index contributed by atoms with van der Waals surface area (Å²) in [6.45, 7) is 0.974. The van der Waals surface area contributed by atoms with Crippen LogP contribution in [0, 0.1) is 5.92 Å². The number of benzene rings is 2. The molecule has 184 valence electrons. The molecule has 35 heavy (non-hydrogen) atoms. The van der Waals surface area contributed by atoms with Crippen molar-refractivity contribution < 1.29 is 29.0 Å². The summed E-state index contributed by atoms with van der Waals surface area (Å²) >= 11 is 0. The van der Waals surface area contributed by atoms with E-state index in [1.165, 1.54) is 11.1 Å². The Morgan fingerprint density at radius 1 is 0.971 bits per heavy atom. The molecule has 0 fully saturated rings. The topological polar surface area (TPSA) is 114 Å². The lowest BCUT2D eigenvalue weighted by molar-refractivity contribution is -0.142. The first-order valence-electron chi connectivity index (χ1n) is 11.9. The molecular weight excluding hydrogens is 448 g/mol. The molecule has 0 aromatic heterocycles. The molecular formula is C27H30N2O6. The van der Waals surface area contributed by atoms with Crippen LogP contribution in [0.25, 0.3) is 11.1 Å². The van der Waals surface area contributed by atoms with Gasteiger partial charge in [-0.2, -0.15) is 0 Å². The van der Waals surface area contributed by atoms with Crippen molar-refractivity contribution in [2.45, 2.75) is 31.2 Å². The standard InChI is InChI=1S/C27H30N2O6/c30-25(29-19-7-5-6-18(16-19)26(31)32)12-14-34-15-13-28-27(33)35-17-24-22-10-3-1-8-20(22)21-9-2-4-11-23(21)24/h1-5,7-11,18-19,24H,6,12-17H2,(H,28,33)(H,29,30)(H,31,32)/t18-,19-/m1/s1. The van der Waals surface area contributed by atoms with E-state index in [-0.39, 0.29) is 50.7 Å². The first-order valence-corrected chi connectivity index (χ1v) is 11.9. The lowest BCUT2D eigenvalue weighted by Crippen LogP contribution is -2.38. The van der Waals surface area contributed by atoms with Gasteiger partial charge in [0.15, 0.2) is 0 Å². The van der Waals surface area contributed by atoms with Crippen molar-refractivity contribution >= 4 is 18.0 Å². The number of carboxylic acids is 1. The van der Waals surface area contributed by atoms with Gasteiger partial charge in [-0.15, -0.1) is 0 Å². The summed E-state index contributed by atoms with van der Waals surface area (Å²) in [7, 11) is 0. The minimum absolute atomic E-state index is 0.00713. The van der Waals surface area contributed by atoms with Gasteiger partial charge in [-0.05, 0) is 35.1 Å². The van der Waals surface area contributed by atoms with Crippen molar-refractivity contribution in [1.82, 2.24) is 10.6 Å². The first kappa shape index (κ1) is 24.5. The molecule has 0 spiro atoms. The number of hydrogen-bond acceptors (Lipinski definition) is 5. The highest BCUT2D eigenvalue weighted by molar-refractivity contribution is 5.79. The van der Waals surface area contributed by atoms with Crippen molar-refractivity contribution in [3.8, 4) is 11.1 Å². The smallest absolute Gasteiger partial charge is 0.407 e. The molecule has 0 unspecified atom stereocenters. The predicted molar refractivity (Wildman–Crippen MR) is 130 cm³/mol. The maximum atomic E-state index is 12.2. The number of nitrogens with one attached hydrogen (secondary N) is 2. The van der Waals surface area contributed by atoms with Crippen molar-refractivity contribution in [3.63, 3.8) is 0 Å². The fourth-order valence-corrected chi connectivity index (χ4v) is 4.62. The Labute approximate surface area is 204 Å². The average Bonchev–Trinajstić information content (AvgIpc) is 3.18. The molecule has 2 amide bonds. The van der Waals surface area contributed by atoms with Crippen molar-refractivity contribution in [2.24, 2.45) is 5.92 Å². The van der Waals surface area contributed by atoms with Crippen LogP contribution in [0.15, 0.2) is 60.7 Å². The summed E-state index contributed by atoms with van der Waals surface area (Å²) in [6, 6.07) is 16.1. The van der Waals surface area contributed by atoms with Crippen LogP contribution in [0.1, 0.15) is 36.3 Å². The van der Waals surface area contributed by atoms with E-state index >= 15 is 0 Å². The van der Waals surface area contributed by atoms with Crippen LogP contribution in [0.4, 0.5) is 4.79 Å². The number of fused-ring (bicyclic) bond motifs is 3. The van der Waals surface area contributed by atoms with Crippen molar-refractivity contribution in [2.75, 3.05) is 26.4 Å². The second kappa shape index (κ2) is 11.7. The van der Waals surface area contributed by atoms with E-state index in [0.717, 1.165) is 11.1 Å². The Kier molecular flexibility index (Phi) is 8.15. The fraction of sp³-hybridized carbons (Fsp3) is 0.370. The normalized spacial score (nSPS) is 18.4. The number of rotatable bonds is 10. The van der Waals surface area contributed by atoms with Crippen LogP contribution >= 0.6 is 0 Å². The number of aliphatic carboxylic acids is 1. The number of alkyl carbamates (subject to hydrolysis) is 1. The van der Waals surface area contributed by atoms with Gasteiger partial charge in [-0.3, -0.25) is 9.59 Å². The molecule has 2 aromatic carbocycles. The zero-order valence-corrected chi connectivity index (χ0v) is 19.4. The summed E-state index contributed by atoms with van der Waals surface area (Å²) < 4.78 is 10.9. The lowest BCUT2D eigenvalue weighted by Gasteiger charge is -2.22. The summed E-state index contributed by atoms with van der Waals surface area (Å²) in [4.78, 5) is 35.3. The van der Waals surface area contributed by atoms with Crippen LogP contribution < -0.4 is 10.6 Å². The Morgan fingerprint density at radius 2 is 1.66 bits per heavy atom. The number of hydrogen-bond donors (Lipinski definition) is 3. The van der Waals surface area contributed by atoms with E-state index in [1.54, 1.807) is 6.08 Å². The molecule has 0 saturated carbocycles. The molecule has 2 atom stereocenters. The molecule has 2 aliphatic carbocycles. The van der Waals surface area contributed by atoms with Crippen LogP contribution in [0.5, 0.6) is 0 Å². The van der Waals surface area contributed by atoms with Crippen LogP contribution in [-0.2, 0) is 19.1 Å².